The third kappa shape index (κ3) is 2.36. The minimum atomic E-state index is -1.38. The van der Waals surface area contributed by atoms with E-state index in [4.69, 9.17) is 0 Å². The largest absolute Gasteiger partial charge is 0.543 e. The highest BCUT2D eigenvalue weighted by atomic mass is 79.9. The van der Waals surface area contributed by atoms with E-state index in [-0.39, 0.29) is 5.69 Å². The van der Waals surface area contributed by atoms with Crippen LogP contribution in [0.2, 0.25) is 0 Å². The van der Waals surface area contributed by atoms with Gasteiger partial charge in [0.25, 0.3) is 5.91 Å². The van der Waals surface area contributed by atoms with Gasteiger partial charge in [0.05, 0.1) is 17.2 Å². The van der Waals surface area contributed by atoms with Crippen LogP contribution in [-0.4, -0.2) is 16.4 Å². The average molecular weight is 343 g/mol. The van der Waals surface area contributed by atoms with Gasteiger partial charge in [-0.25, -0.2) is 0 Å². The number of rotatable bonds is 2. The normalized spacial score (nSPS) is 10.7. The first kappa shape index (κ1) is 13.6. The first-order chi connectivity index (χ1) is 10.1. The van der Waals surface area contributed by atoms with Gasteiger partial charge in [0, 0.05) is 15.4 Å². The number of carboxylic acids is 1. The van der Waals surface area contributed by atoms with Gasteiger partial charge in [-0.15, -0.1) is 0 Å². The SMILES string of the molecule is O=C([O-])c1cc2ccccc2n1C(=O)c1ccc(Br)cc1. The molecule has 3 rings (SSSR count). The van der Waals surface area contributed by atoms with Gasteiger partial charge in [-0.05, 0) is 36.4 Å². The fourth-order valence-electron chi connectivity index (χ4n) is 2.25. The lowest BCUT2D eigenvalue weighted by Crippen LogP contribution is -2.28. The van der Waals surface area contributed by atoms with Crippen LogP contribution in [0.4, 0.5) is 0 Å². The van der Waals surface area contributed by atoms with Crippen LogP contribution in [0.1, 0.15) is 20.8 Å². The van der Waals surface area contributed by atoms with Crippen LogP contribution in [0, 0.1) is 0 Å². The Morgan fingerprint density at radius 1 is 1.00 bits per heavy atom. The Morgan fingerprint density at radius 3 is 2.33 bits per heavy atom. The molecule has 0 spiro atoms. The van der Waals surface area contributed by atoms with Crippen molar-refractivity contribution in [2.45, 2.75) is 0 Å². The molecule has 0 atom stereocenters. The molecular formula is C16H9BrNO3-. The number of fused-ring (bicyclic) bond motifs is 1. The van der Waals surface area contributed by atoms with E-state index in [0.29, 0.717) is 16.5 Å². The van der Waals surface area contributed by atoms with E-state index in [1.807, 2.05) is 0 Å². The molecule has 0 aliphatic rings. The van der Waals surface area contributed by atoms with Gasteiger partial charge in [-0.2, -0.15) is 0 Å². The summed E-state index contributed by atoms with van der Waals surface area (Å²) in [4.78, 5) is 23.9. The van der Waals surface area contributed by atoms with Crippen molar-refractivity contribution in [2.24, 2.45) is 0 Å². The van der Waals surface area contributed by atoms with Gasteiger partial charge in [0.15, 0.2) is 0 Å². The summed E-state index contributed by atoms with van der Waals surface area (Å²) in [6, 6.07) is 15.2. The van der Waals surface area contributed by atoms with Gasteiger partial charge in [0.2, 0.25) is 0 Å². The molecule has 104 valence electrons. The zero-order chi connectivity index (χ0) is 15.0. The fourth-order valence-corrected chi connectivity index (χ4v) is 2.51. The zero-order valence-electron chi connectivity index (χ0n) is 10.7. The summed E-state index contributed by atoms with van der Waals surface area (Å²) < 4.78 is 2.02. The second kappa shape index (κ2) is 5.18. The monoisotopic (exact) mass is 342 g/mol. The van der Waals surface area contributed by atoms with Crippen LogP contribution in [0.3, 0.4) is 0 Å². The van der Waals surface area contributed by atoms with E-state index in [0.717, 1.165) is 4.47 Å². The van der Waals surface area contributed by atoms with Crippen molar-refractivity contribution in [3.63, 3.8) is 0 Å². The van der Waals surface area contributed by atoms with Crippen LogP contribution >= 0.6 is 15.9 Å². The van der Waals surface area contributed by atoms with Crippen molar-refractivity contribution in [2.75, 3.05) is 0 Å². The summed E-state index contributed by atoms with van der Waals surface area (Å²) >= 11 is 3.30. The van der Waals surface area contributed by atoms with Crippen molar-refractivity contribution in [3.8, 4) is 0 Å². The van der Waals surface area contributed by atoms with Gasteiger partial charge in [-0.1, -0.05) is 34.1 Å². The highest BCUT2D eigenvalue weighted by Gasteiger charge is 2.17. The molecule has 4 nitrogen and oxygen atoms in total. The molecule has 0 radical (unpaired) electrons. The van der Waals surface area contributed by atoms with Gasteiger partial charge in [-0.3, -0.25) is 9.36 Å². The summed E-state index contributed by atoms with van der Waals surface area (Å²) in [6.07, 6.45) is 0. The number of hydrogen-bond donors (Lipinski definition) is 0. The number of benzene rings is 2. The standard InChI is InChI=1S/C16H10BrNO3/c17-12-7-5-10(6-8-12)15(19)18-13-4-2-1-3-11(13)9-14(18)16(20)21/h1-9H,(H,20,21)/p-1. The third-order valence-electron chi connectivity index (χ3n) is 3.21. The van der Waals surface area contributed by atoms with Gasteiger partial charge < -0.3 is 9.90 Å². The number of aromatic carboxylic acids is 1. The molecule has 2 aromatic carbocycles. The Kier molecular flexibility index (Phi) is 3.35. The lowest BCUT2D eigenvalue weighted by molar-refractivity contribution is -0.255. The van der Waals surface area contributed by atoms with Crippen LogP contribution in [0.25, 0.3) is 10.9 Å². The molecule has 21 heavy (non-hydrogen) atoms. The van der Waals surface area contributed by atoms with Gasteiger partial charge >= 0.3 is 0 Å². The van der Waals surface area contributed by atoms with Crippen LogP contribution in [-0.2, 0) is 0 Å². The van der Waals surface area contributed by atoms with Crippen molar-refractivity contribution in [1.82, 2.24) is 4.57 Å². The predicted molar refractivity (Wildman–Crippen MR) is 80.1 cm³/mol. The molecule has 0 N–H and O–H groups in total. The summed E-state index contributed by atoms with van der Waals surface area (Å²) in [5.41, 5.74) is 0.802. The summed E-state index contributed by atoms with van der Waals surface area (Å²) in [5.74, 6) is -1.78. The highest BCUT2D eigenvalue weighted by molar-refractivity contribution is 9.10. The molecule has 0 amide bonds. The Hall–Kier alpha value is -2.40. The molecule has 0 saturated heterocycles. The molecule has 0 aliphatic heterocycles. The maximum Gasteiger partial charge on any atom is 0.262 e. The first-order valence-electron chi connectivity index (χ1n) is 6.20. The number of carbonyl (C=O) groups is 2. The quantitative estimate of drug-likeness (QED) is 0.718. The minimum absolute atomic E-state index is 0.149. The Morgan fingerprint density at radius 2 is 1.67 bits per heavy atom. The fraction of sp³-hybridized carbons (Fsp3) is 0. The number of hydrogen-bond acceptors (Lipinski definition) is 3. The van der Waals surface area contributed by atoms with E-state index in [9.17, 15) is 14.7 Å². The number of aromatic nitrogens is 1. The molecule has 1 heterocycles. The number of nitrogens with zero attached hydrogens (tertiary/aromatic N) is 1. The molecule has 0 fully saturated rings. The molecule has 0 bridgehead atoms. The Bertz CT molecular complexity index is 850. The van der Waals surface area contributed by atoms with E-state index >= 15 is 0 Å². The van der Waals surface area contributed by atoms with E-state index in [1.54, 1.807) is 48.5 Å². The maximum absolute atomic E-state index is 12.6. The van der Waals surface area contributed by atoms with E-state index < -0.39 is 11.9 Å². The maximum atomic E-state index is 12.6. The van der Waals surface area contributed by atoms with Crippen molar-refractivity contribution < 1.29 is 14.7 Å². The Labute approximate surface area is 128 Å². The summed E-state index contributed by atoms with van der Waals surface area (Å²) in [7, 11) is 0. The lowest BCUT2D eigenvalue weighted by atomic mass is 10.2. The lowest BCUT2D eigenvalue weighted by Gasteiger charge is -2.10. The molecule has 5 heteroatoms. The first-order valence-corrected chi connectivity index (χ1v) is 6.99. The molecule has 0 saturated carbocycles. The molecule has 3 aromatic rings. The number of para-hydroxylation sites is 1. The number of carboxylic acid groups (broad SMARTS) is 1. The molecule has 0 unspecified atom stereocenters. The number of carbonyl (C=O) groups excluding carboxylic acids is 2. The van der Waals surface area contributed by atoms with Crippen LogP contribution in [0.15, 0.2) is 59.1 Å². The van der Waals surface area contributed by atoms with E-state index in [1.165, 1.54) is 10.6 Å². The Balaban J connectivity index is 2.23. The van der Waals surface area contributed by atoms with Gasteiger partial charge in [0.1, 0.15) is 0 Å². The van der Waals surface area contributed by atoms with Crippen molar-refractivity contribution >= 4 is 38.7 Å². The minimum Gasteiger partial charge on any atom is -0.543 e. The zero-order valence-corrected chi connectivity index (χ0v) is 12.3. The second-order valence-electron chi connectivity index (χ2n) is 4.52. The van der Waals surface area contributed by atoms with Crippen LogP contribution < -0.4 is 5.11 Å². The van der Waals surface area contributed by atoms with Crippen molar-refractivity contribution in [3.05, 3.63) is 70.3 Å². The smallest absolute Gasteiger partial charge is 0.262 e. The third-order valence-corrected chi connectivity index (χ3v) is 3.74. The summed E-state index contributed by atoms with van der Waals surface area (Å²) in [5, 5.41) is 12.0. The number of halogens is 1. The van der Waals surface area contributed by atoms with E-state index in [2.05, 4.69) is 15.9 Å². The predicted octanol–water partition coefficient (Wildman–Crippen LogP) is 2.46. The van der Waals surface area contributed by atoms with Crippen molar-refractivity contribution in [1.29, 1.82) is 0 Å². The second-order valence-corrected chi connectivity index (χ2v) is 5.44. The summed E-state index contributed by atoms with van der Waals surface area (Å²) in [6.45, 7) is 0. The topological polar surface area (TPSA) is 62.1 Å². The highest BCUT2D eigenvalue weighted by Crippen LogP contribution is 2.21. The molecular weight excluding hydrogens is 334 g/mol. The molecule has 1 aromatic heterocycles. The van der Waals surface area contributed by atoms with Crippen LogP contribution in [0.5, 0.6) is 0 Å². The molecule has 0 aliphatic carbocycles. The average Bonchev–Trinajstić information content (AvgIpc) is 2.87.